The molecule has 0 saturated heterocycles. The van der Waals surface area contributed by atoms with Gasteiger partial charge in [-0.15, -0.1) is 0 Å². The van der Waals surface area contributed by atoms with Crippen molar-refractivity contribution in [3.63, 3.8) is 0 Å². The number of halogens is 1. The molecule has 0 amide bonds. The quantitative estimate of drug-likeness (QED) is 0.869. The molecule has 0 saturated carbocycles. The van der Waals surface area contributed by atoms with Crippen LogP contribution in [0, 0.1) is 0 Å². The van der Waals surface area contributed by atoms with Crippen LogP contribution in [0.15, 0.2) is 23.2 Å². The first-order valence-corrected chi connectivity index (χ1v) is 7.85. The minimum Gasteiger partial charge on any atom is -0.248 e. The average Bonchev–Trinajstić information content (AvgIpc) is 2.27. The van der Waals surface area contributed by atoms with Crippen molar-refractivity contribution in [1.29, 1.82) is 0 Å². The number of aryl methyl sites for hydroxylation is 1. The first kappa shape index (κ1) is 13.2. The van der Waals surface area contributed by atoms with Gasteiger partial charge in [0, 0.05) is 11.3 Å². The van der Waals surface area contributed by atoms with Gasteiger partial charge in [0.25, 0.3) is 0 Å². The highest BCUT2D eigenvalue weighted by Gasteiger charge is 2.17. The summed E-state index contributed by atoms with van der Waals surface area (Å²) in [6.45, 7) is 1.97. The van der Waals surface area contributed by atoms with Crippen molar-refractivity contribution in [3.8, 4) is 0 Å². The first-order valence-electron chi connectivity index (χ1n) is 5.58. The molecule has 0 aliphatic rings. The molecule has 0 bridgehead atoms. The highest BCUT2D eigenvalue weighted by atomic mass is 35.5. The Labute approximate surface area is 111 Å². The lowest BCUT2D eigenvalue weighted by Gasteiger charge is -2.07. The molecule has 0 radical (unpaired) electrons. The van der Waals surface area contributed by atoms with Crippen molar-refractivity contribution in [2.24, 2.45) is 0 Å². The van der Waals surface area contributed by atoms with Crippen LogP contribution in [0.25, 0.3) is 11.0 Å². The molecular formula is C12H13ClN2O2S. The Kier molecular flexibility index (Phi) is 3.54. The van der Waals surface area contributed by atoms with E-state index in [0.717, 1.165) is 12.7 Å². The van der Waals surface area contributed by atoms with Crippen LogP contribution in [-0.2, 0) is 16.3 Å². The van der Waals surface area contributed by atoms with E-state index in [1.807, 2.05) is 6.92 Å². The van der Waals surface area contributed by atoms with E-state index in [1.165, 1.54) is 0 Å². The van der Waals surface area contributed by atoms with Crippen molar-refractivity contribution >= 4 is 32.5 Å². The number of aromatic nitrogens is 2. The van der Waals surface area contributed by atoms with E-state index in [-0.39, 0.29) is 5.03 Å². The second-order valence-corrected chi connectivity index (χ2v) is 6.50. The number of benzene rings is 1. The summed E-state index contributed by atoms with van der Waals surface area (Å²) in [6, 6.07) is 5.04. The molecule has 4 nitrogen and oxygen atoms in total. The minimum absolute atomic E-state index is 0.0687. The monoisotopic (exact) mass is 284 g/mol. The predicted octanol–water partition coefficient (Wildman–Crippen LogP) is 2.64. The van der Waals surface area contributed by atoms with Crippen molar-refractivity contribution in [3.05, 3.63) is 28.9 Å². The molecule has 0 aliphatic heterocycles. The van der Waals surface area contributed by atoms with E-state index in [4.69, 9.17) is 11.6 Å². The third-order valence-corrected chi connectivity index (χ3v) is 3.76. The van der Waals surface area contributed by atoms with Crippen molar-refractivity contribution < 1.29 is 8.42 Å². The molecule has 1 aromatic carbocycles. The lowest BCUT2D eigenvalue weighted by molar-refractivity contribution is 0.595. The van der Waals surface area contributed by atoms with Gasteiger partial charge in [0.15, 0.2) is 14.9 Å². The second-order valence-electron chi connectivity index (χ2n) is 4.13. The SMILES string of the molecule is CCCc1nc2cc(Cl)ccc2nc1S(C)(=O)=O. The van der Waals surface area contributed by atoms with Crippen LogP contribution in [0.2, 0.25) is 5.02 Å². The summed E-state index contributed by atoms with van der Waals surface area (Å²) >= 11 is 5.89. The van der Waals surface area contributed by atoms with Gasteiger partial charge >= 0.3 is 0 Å². The second kappa shape index (κ2) is 4.82. The minimum atomic E-state index is -3.36. The standard InChI is InChI=1S/C12H13ClN2O2S/c1-3-4-10-12(18(2,16)17)15-9-6-5-8(13)7-11(9)14-10/h5-7H,3-4H2,1-2H3. The molecule has 2 rings (SSSR count). The van der Waals surface area contributed by atoms with E-state index in [1.54, 1.807) is 18.2 Å². The molecule has 1 heterocycles. The summed E-state index contributed by atoms with van der Waals surface area (Å²) in [5.41, 5.74) is 1.67. The van der Waals surface area contributed by atoms with Gasteiger partial charge in [-0.25, -0.2) is 18.4 Å². The van der Waals surface area contributed by atoms with Crippen LogP contribution < -0.4 is 0 Å². The molecule has 96 valence electrons. The number of hydrogen-bond acceptors (Lipinski definition) is 4. The van der Waals surface area contributed by atoms with E-state index in [9.17, 15) is 8.42 Å². The summed E-state index contributed by atoms with van der Waals surface area (Å²) < 4.78 is 23.4. The van der Waals surface area contributed by atoms with Crippen LogP contribution in [0.5, 0.6) is 0 Å². The van der Waals surface area contributed by atoms with E-state index in [0.29, 0.717) is 28.2 Å². The Bertz CT molecular complexity index is 699. The number of nitrogens with zero attached hydrogens (tertiary/aromatic N) is 2. The van der Waals surface area contributed by atoms with Gasteiger partial charge in [-0.2, -0.15) is 0 Å². The number of hydrogen-bond donors (Lipinski definition) is 0. The summed E-state index contributed by atoms with van der Waals surface area (Å²) in [7, 11) is -3.36. The Morgan fingerprint density at radius 2 is 1.94 bits per heavy atom. The number of fused-ring (bicyclic) bond motifs is 1. The normalized spacial score (nSPS) is 11.9. The highest BCUT2D eigenvalue weighted by molar-refractivity contribution is 7.90. The van der Waals surface area contributed by atoms with Crippen molar-refractivity contribution in [2.45, 2.75) is 24.8 Å². The maximum absolute atomic E-state index is 11.7. The third kappa shape index (κ3) is 2.62. The van der Waals surface area contributed by atoms with Crippen LogP contribution in [-0.4, -0.2) is 24.6 Å². The van der Waals surface area contributed by atoms with Crippen molar-refractivity contribution in [2.75, 3.05) is 6.26 Å². The van der Waals surface area contributed by atoms with Crippen molar-refractivity contribution in [1.82, 2.24) is 9.97 Å². The third-order valence-electron chi connectivity index (χ3n) is 2.50. The molecule has 0 fully saturated rings. The summed E-state index contributed by atoms with van der Waals surface area (Å²) in [5, 5.41) is 0.630. The largest absolute Gasteiger partial charge is 0.248 e. The summed E-state index contributed by atoms with van der Waals surface area (Å²) in [6.07, 6.45) is 2.54. The molecule has 0 unspecified atom stereocenters. The van der Waals surface area contributed by atoms with Gasteiger partial charge in [-0.05, 0) is 24.6 Å². The lowest BCUT2D eigenvalue weighted by atomic mass is 10.2. The van der Waals surface area contributed by atoms with Gasteiger partial charge in [0.05, 0.1) is 16.7 Å². The van der Waals surface area contributed by atoms with Gasteiger partial charge in [-0.1, -0.05) is 24.9 Å². The fraction of sp³-hybridized carbons (Fsp3) is 0.333. The Morgan fingerprint density at radius 1 is 1.22 bits per heavy atom. The lowest BCUT2D eigenvalue weighted by Crippen LogP contribution is -2.08. The van der Waals surface area contributed by atoms with Crippen LogP contribution >= 0.6 is 11.6 Å². The Morgan fingerprint density at radius 3 is 2.56 bits per heavy atom. The van der Waals surface area contributed by atoms with Gasteiger partial charge in [0.1, 0.15) is 0 Å². The number of sulfone groups is 1. The molecule has 18 heavy (non-hydrogen) atoms. The van der Waals surface area contributed by atoms with Gasteiger partial charge in [-0.3, -0.25) is 0 Å². The first-order chi connectivity index (χ1) is 8.41. The molecule has 1 aromatic heterocycles. The summed E-state index contributed by atoms with van der Waals surface area (Å²) in [4.78, 5) is 8.56. The molecule has 0 N–H and O–H groups in total. The zero-order valence-corrected chi connectivity index (χ0v) is 11.7. The van der Waals surface area contributed by atoms with Crippen LogP contribution in [0.4, 0.5) is 0 Å². The van der Waals surface area contributed by atoms with Gasteiger partial charge in [0.2, 0.25) is 0 Å². The van der Waals surface area contributed by atoms with E-state index in [2.05, 4.69) is 9.97 Å². The molecule has 2 aromatic rings. The predicted molar refractivity (Wildman–Crippen MR) is 71.7 cm³/mol. The van der Waals surface area contributed by atoms with Gasteiger partial charge < -0.3 is 0 Å². The van der Waals surface area contributed by atoms with Crippen LogP contribution in [0.3, 0.4) is 0 Å². The molecule has 6 heteroatoms. The van der Waals surface area contributed by atoms with E-state index < -0.39 is 9.84 Å². The maximum Gasteiger partial charge on any atom is 0.194 e. The van der Waals surface area contributed by atoms with E-state index >= 15 is 0 Å². The molecule has 0 spiro atoms. The highest BCUT2D eigenvalue weighted by Crippen LogP contribution is 2.21. The Balaban J connectivity index is 2.76. The smallest absolute Gasteiger partial charge is 0.194 e. The summed E-state index contributed by atoms with van der Waals surface area (Å²) in [5.74, 6) is 0. The maximum atomic E-state index is 11.7. The zero-order chi connectivity index (χ0) is 13.3. The zero-order valence-electron chi connectivity index (χ0n) is 10.1. The molecule has 0 atom stereocenters. The fourth-order valence-corrected chi connectivity index (χ4v) is 2.75. The molecular weight excluding hydrogens is 272 g/mol. The number of rotatable bonds is 3. The Hall–Kier alpha value is -1.20. The fourth-order valence-electron chi connectivity index (χ4n) is 1.74. The average molecular weight is 285 g/mol. The topological polar surface area (TPSA) is 59.9 Å². The van der Waals surface area contributed by atoms with Crippen LogP contribution in [0.1, 0.15) is 19.0 Å². The molecule has 0 aliphatic carbocycles.